The van der Waals surface area contributed by atoms with Crippen molar-refractivity contribution in [3.63, 3.8) is 0 Å². The molecule has 1 heterocycles. The molecule has 0 atom stereocenters. The summed E-state index contributed by atoms with van der Waals surface area (Å²) in [5.74, 6) is 0.496. The number of nitrogens with one attached hydrogen (secondary N) is 1. The van der Waals surface area contributed by atoms with E-state index in [1.54, 1.807) is 12.1 Å². The van der Waals surface area contributed by atoms with Crippen molar-refractivity contribution in [3.8, 4) is 29.0 Å². The molecule has 0 aliphatic carbocycles. The molecule has 0 spiro atoms. The second-order valence-corrected chi connectivity index (χ2v) is 5.92. The predicted octanol–water partition coefficient (Wildman–Crippen LogP) is 1.54. The Morgan fingerprint density at radius 2 is 1.88 bits per heavy atom. The third kappa shape index (κ3) is 4.10. The molecular weight excluding hydrogens is 340 g/mol. The summed E-state index contributed by atoms with van der Waals surface area (Å²) in [6.45, 7) is 0.293. The minimum absolute atomic E-state index is 0.00920. The molecule has 0 aliphatic heterocycles. The van der Waals surface area contributed by atoms with E-state index in [1.165, 1.54) is 23.9 Å². The molecule has 8 nitrogen and oxygen atoms in total. The van der Waals surface area contributed by atoms with Crippen LogP contribution in [-0.4, -0.2) is 28.4 Å². The number of thioether (sulfide) groups is 1. The molecule has 2 rings (SSSR count). The van der Waals surface area contributed by atoms with Crippen LogP contribution in [0.15, 0.2) is 29.3 Å². The highest BCUT2D eigenvalue weighted by Gasteiger charge is 2.20. The molecule has 25 heavy (non-hydrogen) atoms. The summed E-state index contributed by atoms with van der Waals surface area (Å²) in [5.41, 5.74) is 12.1. The summed E-state index contributed by atoms with van der Waals surface area (Å²) in [7, 11) is 0. The lowest BCUT2D eigenvalue weighted by Gasteiger charge is -2.13. The van der Waals surface area contributed by atoms with Gasteiger partial charge in [0.2, 0.25) is 0 Å². The number of primary amides is 1. The highest BCUT2D eigenvalue weighted by atomic mass is 32.2. The molecule has 2 amide bonds. The number of nitrogen functional groups attached to an aromatic ring is 1. The van der Waals surface area contributed by atoms with Crippen molar-refractivity contribution < 1.29 is 9.90 Å². The monoisotopic (exact) mass is 354 g/mol. The molecule has 0 bridgehead atoms. The quantitative estimate of drug-likeness (QED) is 0.467. The fourth-order valence-corrected chi connectivity index (χ4v) is 2.99. The zero-order valence-electron chi connectivity index (χ0n) is 13.0. The van der Waals surface area contributed by atoms with E-state index in [9.17, 15) is 20.4 Å². The fraction of sp³-hybridized carbons (Fsp3) is 0.125. The van der Waals surface area contributed by atoms with Gasteiger partial charge in [0.25, 0.3) is 0 Å². The zero-order valence-corrected chi connectivity index (χ0v) is 13.8. The smallest absolute Gasteiger partial charge is 0.312 e. The number of phenols is 1. The van der Waals surface area contributed by atoms with Crippen molar-refractivity contribution in [2.45, 2.75) is 5.03 Å². The molecule has 0 radical (unpaired) electrons. The molecule has 126 valence electrons. The van der Waals surface area contributed by atoms with E-state index >= 15 is 0 Å². The molecule has 0 aliphatic rings. The maximum absolute atomic E-state index is 10.7. The van der Waals surface area contributed by atoms with E-state index in [0.29, 0.717) is 28.5 Å². The van der Waals surface area contributed by atoms with Gasteiger partial charge in [0.05, 0.1) is 5.56 Å². The summed E-state index contributed by atoms with van der Waals surface area (Å²) in [6.07, 6.45) is 0. The molecular formula is C16H14N6O2S. The predicted molar refractivity (Wildman–Crippen MR) is 93.5 cm³/mol. The van der Waals surface area contributed by atoms with E-state index in [-0.39, 0.29) is 22.7 Å². The lowest BCUT2D eigenvalue weighted by molar-refractivity contribution is 0.249. The average Bonchev–Trinajstić information content (AvgIpc) is 2.58. The first-order valence-corrected chi connectivity index (χ1v) is 8.05. The van der Waals surface area contributed by atoms with E-state index in [0.717, 1.165) is 0 Å². The normalized spacial score (nSPS) is 9.84. The Morgan fingerprint density at radius 1 is 1.24 bits per heavy atom. The molecule has 9 heteroatoms. The Kier molecular flexibility index (Phi) is 5.66. The van der Waals surface area contributed by atoms with Crippen LogP contribution in [0.5, 0.6) is 5.75 Å². The molecule has 6 N–H and O–H groups in total. The van der Waals surface area contributed by atoms with Gasteiger partial charge in [0, 0.05) is 17.9 Å². The van der Waals surface area contributed by atoms with Gasteiger partial charge in [-0.2, -0.15) is 10.5 Å². The number of pyridine rings is 1. The molecule has 0 saturated heterocycles. The van der Waals surface area contributed by atoms with Crippen molar-refractivity contribution >= 4 is 23.6 Å². The molecule has 1 aromatic heterocycles. The minimum atomic E-state index is -0.641. The van der Waals surface area contributed by atoms with E-state index in [1.807, 2.05) is 6.07 Å². The SMILES string of the molecule is N#Cc1c(N)nc(SCCNC(N)=O)c(C#N)c1-c1ccc(O)cc1. The number of anilines is 1. The molecule has 0 saturated carbocycles. The summed E-state index contributed by atoms with van der Waals surface area (Å²) in [4.78, 5) is 14.8. The number of nitrogens with zero attached hydrogens (tertiary/aromatic N) is 3. The van der Waals surface area contributed by atoms with Gasteiger partial charge in [-0.3, -0.25) is 0 Å². The van der Waals surface area contributed by atoms with Gasteiger partial charge in [0.1, 0.15) is 34.3 Å². The van der Waals surface area contributed by atoms with Crippen LogP contribution in [0, 0.1) is 22.7 Å². The number of carbonyl (C=O) groups excluding carboxylic acids is 1. The van der Waals surface area contributed by atoms with Crippen LogP contribution in [0.4, 0.5) is 10.6 Å². The summed E-state index contributed by atoms with van der Waals surface area (Å²) in [6, 6.07) is 9.50. The number of urea groups is 1. The third-order valence-electron chi connectivity index (χ3n) is 3.21. The molecule has 0 unspecified atom stereocenters. The number of hydrogen-bond donors (Lipinski definition) is 4. The van der Waals surface area contributed by atoms with Crippen molar-refractivity contribution in [3.05, 3.63) is 35.4 Å². The van der Waals surface area contributed by atoms with Gasteiger partial charge in [-0.25, -0.2) is 9.78 Å². The van der Waals surface area contributed by atoms with Crippen LogP contribution in [0.1, 0.15) is 11.1 Å². The summed E-state index contributed by atoms with van der Waals surface area (Å²) >= 11 is 1.22. The minimum Gasteiger partial charge on any atom is -0.508 e. The number of aromatic nitrogens is 1. The average molecular weight is 354 g/mol. The van der Waals surface area contributed by atoms with Crippen LogP contribution in [-0.2, 0) is 0 Å². The van der Waals surface area contributed by atoms with Crippen molar-refractivity contribution in [1.82, 2.24) is 10.3 Å². The van der Waals surface area contributed by atoms with Gasteiger partial charge in [-0.1, -0.05) is 12.1 Å². The van der Waals surface area contributed by atoms with Crippen molar-refractivity contribution in [1.29, 1.82) is 10.5 Å². The second-order valence-electron chi connectivity index (χ2n) is 4.84. The fourth-order valence-electron chi connectivity index (χ4n) is 2.14. The summed E-state index contributed by atoms with van der Waals surface area (Å²) in [5, 5.41) is 31.2. The number of nitriles is 2. The number of nitrogens with two attached hydrogens (primary N) is 2. The van der Waals surface area contributed by atoms with Gasteiger partial charge in [-0.15, -0.1) is 11.8 Å². The number of carbonyl (C=O) groups is 1. The topological polar surface area (TPSA) is 162 Å². The van der Waals surface area contributed by atoms with Crippen molar-refractivity contribution in [2.24, 2.45) is 5.73 Å². The Labute approximate surface area is 148 Å². The largest absolute Gasteiger partial charge is 0.508 e. The van der Waals surface area contributed by atoms with E-state index in [4.69, 9.17) is 11.5 Å². The number of phenolic OH excluding ortho intramolecular Hbond substituents is 1. The van der Waals surface area contributed by atoms with Crippen LogP contribution in [0.25, 0.3) is 11.1 Å². The number of hydrogen-bond acceptors (Lipinski definition) is 7. The maximum atomic E-state index is 10.7. The summed E-state index contributed by atoms with van der Waals surface area (Å²) < 4.78 is 0. The van der Waals surface area contributed by atoms with Crippen LogP contribution < -0.4 is 16.8 Å². The van der Waals surface area contributed by atoms with Crippen LogP contribution in [0.3, 0.4) is 0 Å². The van der Waals surface area contributed by atoms with Gasteiger partial charge >= 0.3 is 6.03 Å². The maximum Gasteiger partial charge on any atom is 0.312 e. The standard InChI is InChI=1S/C16H14N6O2S/c17-7-11-13(9-1-3-10(23)4-2-9)12(8-18)15(22-14(11)19)25-6-5-21-16(20)24/h1-4,23H,5-6H2,(H2,19,22)(H3,20,21,24). The van der Waals surface area contributed by atoms with Gasteiger partial charge in [-0.05, 0) is 17.7 Å². The number of aromatic hydroxyl groups is 1. The van der Waals surface area contributed by atoms with Crippen LogP contribution >= 0.6 is 11.8 Å². The number of benzene rings is 1. The Hall–Kier alpha value is -3.43. The number of amides is 2. The van der Waals surface area contributed by atoms with Crippen LogP contribution in [0.2, 0.25) is 0 Å². The first-order chi connectivity index (χ1) is 12.0. The van der Waals surface area contributed by atoms with Crippen molar-refractivity contribution in [2.75, 3.05) is 18.0 Å². The van der Waals surface area contributed by atoms with Gasteiger partial charge < -0.3 is 21.9 Å². The Morgan fingerprint density at radius 3 is 2.44 bits per heavy atom. The Bertz CT molecular complexity index is 883. The van der Waals surface area contributed by atoms with E-state index in [2.05, 4.69) is 16.4 Å². The molecule has 1 aromatic carbocycles. The lowest BCUT2D eigenvalue weighted by Crippen LogP contribution is -2.31. The van der Waals surface area contributed by atoms with Gasteiger partial charge in [0.15, 0.2) is 0 Å². The second kappa shape index (κ2) is 7.90. The molecule has 2 aromatic rings. The number of rotatable bonds is 5. The van der Waals surface area contributed by atoms with E-state index < -0.39 is 6.03 Å². The lowest BCUT2D eigenvalue weighted by atomic mass is 9.97. The third-order valence-corrected chi connectivity index (χ3v) is 4.19. The Balaban J connectivity index is 2.49. The zero-order chi connectivity index (χ0) is 18.4. The first-order valence-electron chi connectivity index (χ1n) is 7.07. The highest BCUT2D eigenvalue weighted by Crippen LogP contribution is 2.35. The highest BCUT2D eigenvalue weighted by molar-refractivity contribution is 7.99. The molecule has 0 fully saturated rings. The first kappa shape index (κ1) is 17.9.